The topological polar surface area (TPSA) is 59.6 Å². The van der Waals surface area contributed by atoms with Gasteiger partial charge in [0.15, 0.2) is 11.6 Å². The Morgan fingerprint density at radius 2 is 2.00 bits per heavy atom. The van der Waals surface area contributed by atoms with Crippen molar-refractivity contribution in [2.24, 2.45) is 0 Å². The maximum Gasteiger partial charge on any atom is 0.315 e. The average molecular weight is 360 g/mol. The minimum Gasteiger partial charge on any atom is -0.497 e. The molecule has 0 aliphatic carbocycles. The summed E-state index contributed by atoms with van der Waals surface area (Å²) < 4.78 is 24.2. The number of nitrogens with one attached hydrogen (secondary N) is 2. The average Bonchev–Trinajstić information content (AvgIpc) is 2.62. The van der Waals surface area contributed by atoms with Gasteiger partial charge in [0.05, 0.1) is 13.7 Å². The summed E-state index contributed by atoms with van der Waals surface area (Å²) in [7, 11) is 1.62. The van der Waals surface area contributed by atoms with Gasteiger partial charge in [0, 0.05) is 12.6 Å². The molecule has 140 valence electrons. The third kappa shape index (κ3) is 5.95. The zero-order valence-electron chi connectivity index (χ0n) is 15.3. The lowest BCUT2D eigenvalue weighted by atomic mass is 10.1. The molecule has 2 N–H and O–H groups in total. The normalized spacial score (nSPS) is 11.5. The quantitative estimate of drug-likeness (QED) is 0.755. The number of rotatable bonds is 8. The molecule has 0 spiro atoms. The van der Waals surface area contributed by atoms with Crippen molar-refractivity contribution in [2.75, 3.05) is 13.7 Å². The number of carbonyl (C=O) groups is 1. The van der Waals surface area contributed by atoms with E-state index in [1.165, 1.54) is 6.07 Å². The lowest BCUT2D eigenvalue weighted by Gasteiger charge is -2.15. The van der Waals surface area contributed by atoms with Gasteiger partial charge in [-0.05, 0) is 55.7 Å². The number of ether oxygens (including phenoxy) is 2. The van der Waals surface area contributed by atoms with Crippen molar-refractivity contribution in [1.29, 1.82) is 0 Å². The summed E-state index contributed by atoms with van der Waals surface area (Å²) in [5.74, 6) is 0.572. The Balaban J connectivity index is 1.81. The summed E-state index contributed by atoms with van der Waals surface area (Å²) in [6.07, 6.45) is 0.683. The highest BCUT2D eigenvalue weighted by atomic mass is 19.1. The second-order valence-electron chi connectivity index (χ2n) is 5.98. The van der Waals surface area contributed by atoms with Gasteiger partial charge in [-0.25, -0.2) is 9.18 Å². The standard InChI is InChI=1S/C20H25FN2O3/c1-4-26-19-9-8-16(12-18(19)21)13-22-20(24)23-14(2)10-15-6-5-7-17(11-15)25-3/h5-9,11-12,14H,4,10,13H2,1-3H3,(H2,22,23,24). The van der Waals surface area contributed by atoms with Crippen LogP contribution in [0.1, 0.15) is 25.0 Å². The van der Waals surface area contributed by atoms with Crippen LogP contribution >= 0.6 is 0 Å². The maximum absolute atomic E-state index is 13.8. The fraction of sp³-hybridized carbons (Fsp3) is 0.350. The van der Waals surface area contributed by atoms with Crippen molar-refractivity contribution in [3.8, 4) is 11.5 Å². The van der Waals surface area contributed by atoms with Crippen molar-refractivity contribution >= 4 is 6.03 Å². The van der Waals surface area contributed by atoms with Crippen molar-refractivity contribution in [1.82, 2.24) is 10.6 Å². The Hall–Kier alpha value is -2.76. The van der Waals surface area contributed by atoms with Crippen LogP contribution in [-0.2, 0) is 13.0 Å². The van der Waals surface area contributed by atoms with Crippen LogP contribution in [0.4, 0.5) is 9.18 Å². The summed E-state index contributed by atoms with van der Waals surface area (Å²) in [5, 5.41) is 5.61. The molecule has 0 aromatic heterocycles. The lowest BCUT2D eigenvalue weighted by Crippen LogP contribution is -2.41. The Morgan fingerprint density at radius 3 is 2.69 bits per heavy atom. The smallest absolute Gasteiger partial charge is 0.315 e. The fourth-order valence-corrected chi connectivity index (χ4v) is 2.59. The van der Waals surface area contributed by atoms with Gasteiger partial charge in [-0.15, -0.1) is 0 Å². The van der Waals surface area contributed by atoms with E-state index in [9.17, 15) is 9.18 Å². The van der Waals surface area contributed by atoms with Gasteiger partial charge >= 0.3 is 6.03 Å². The molecular weight excluding hydrogens is 335 g/mol. The van der Waals surface area contributed by atoms with Gasteiger partial charge in [-0.2, -0.15) is 0 Å². The summed E-state index contributed by atoms with van der Waals surface area (Å²) in [4.78, 5) is 12.0. The SMILES string of the molecule is CCOc1ccc(CNC(=O)NC(C)Cc2cccc(OC)c2)cc1F. The predicted molar refractivity (Wildman–Crippen MR) is 99.1 cm³/mol. The van der Waals surface area contributed by atoms with Gasteiger partial charge < -0.3 is 20.1 Å². The molecule has 6 heteroatoms. The summed E-state index contributed by atoms with van der Waals surface area (Å²) in [6, 6.07) is 12.0. The largest absolute Gasteiger partial charge is 0.497 e. The van der Waals surface area contributed by atoms with E-state index in [1.807, 2.05) is 31.2 Å². The van der Waals surface area contributed by atoms with Crippen LogP contribution in [0.5, 0.6) is 11.5 Å². The van der Waals surface area contributed by atoms with Crippen LogP contribution in [0, 0.1) is 5.82 Å². The van der Waals surface area contributed by atoms with E-state index in [1.54, 1.807) is 26.2 Å². The number of urea groups is 1. The first-order valence-corrected chi connectivity index (χ1v) is 8.60. The highest BCUT2D eigenvalue weighted by Gasteiger charge is 2.09. The Bertz CT molecular complexity index is 737. The van der Waals surface area contributed by atoms with Crippen LogP contribution in [0.2, 0.25) is 0 Å². The number of hydrogen-bond donors (Lipinski definition) is 2. The van der Waals surface area contributed by atoms with E-state index in [-0.39, 0.29) is 24.4 Å². The van der Waals surface area contributed by atoms with Crippen molar-refractivity contribution in [2.45, 2.75) is 32.9 Å². The third-order valence-electron chi connectivity index (χ3n) is 3.80. The molecule has 1 unspecified atom stereocenters. The van der Waals surface area contributed by atoms with Gasteiger partial charge in [0.2, 0.25) is 0 Å². The van der Waals surface area contributed by atoms with E-state index in [0.29, 0.717) is 18.6 Å². The molecule has 0 saturated carbocycles. The first kappa shape index (κ1) is 19.6. The number of hydrogen-bond acceptors (Lipinski definition) is 3. The predicted octanol–water partition coefficient (Wildman–Crippen LogP) is 3.66. The maximum atomic E-state index is 13.8. The molecule has 0 aliphatic rings. The lowest BCUT2D eigenvalue weighted by molar-refractivity contribution is 0.237. The Morgan fingerprint density at radius 1 is 1.19 bits per heavy atom. The first-order valence-electron chi connectivity index (χ1n) is 8.60. The van der Waals surface area contributed by atoms with Crippen LogP contribution in [0.15, 0.2) is 42.5 Å². The second kappa shape index (κ2) is 9.65. The molecule has 26 heavy (non-hydrogen) atoms. The van der Waals surface area contributed by atoms with Crippen molar-refractivity contribution in [3.05, 3.63) is 59.4 Å². The molecule has 5 nitrogen and oxygen atoms in total. The van der Waals surface area contributed by atoms with E-state index < -0.39 is 5.82 Å². The van der Waals surface area contributed by atoms with Crippen LogP contribution in [0.25, 0.3) is 0 Å². The molecule has 0 aliphatic heterocycles. The Labute approximate surface area is 153 Å². The van der Waals surface area contributed by atoms with E-state index in [0.717, 1.165) is 11.3 Å². The molecule has 0 heterocycles. The van der Waals surface area contributed by atoms with Gasteiger partial charge in [-0.1, -0.05) is 18.2 Å². The van der Waals surface area contributed by atoms with Crippen molar-refractivity contribution < 1.29 is 18.7 Å². The van der Waals surface area contributed by atoms with Crippen molar-refractivity contribution in [3.63, 3.8) is 0 Å². The highest BCUT2D eigenvalue weighted by molar-refractivity contribution is 5.74. The number of halogens is 1. The summed E-state index contributed by atoms with van der Waals surface area (Å²) in [6.45, 7) is 4.37. The summed E-state index contributed by atoms with van der Waals surface area (Å²) in [5.41, 5.74) is 1.74. The number of benzene rings is 2. The van der Waals surface area contributed by atoms with Crippen LogP contribution in [-0.4, -0.2) is 25.8 Å². The number of methoxy groups -OCH3 is 1. The minimum absolute atomic E-state index is 0.0563. The van der Waals surface area contributed by atoms with E-state index in [2.05, 4.69) is 10.6 Å². The van der Waals surface area contributed by atoms with Crippen LogP contribution < -0.4 is 20.1 Å². The molecule has 2 amide bonds. The van der Waals surface area contributed by atoms with Gasteiger partial charge in [0.25, 0.3) is 0 Å². The number of carbonyl (C=O) groups excluding carboxylic acids is 1. The summed E-state index contributed by atoms with van der Waals surface area (Å²) >= 11 is 0. The highest BCUT2D eigenvalue weighted by Crippen LogP contribution is 2.18. The first-order chi connectivity index (χ1) is 12.5. The molecule has 0 bridgehead atoms. The molecule has 0 saturated heterocycles. The monoisotopic (exact) mass is 360 g/mol. The molecular formula is C20H25FN2O3. The molecule has 2 rings (SSSR count). The molecule has 0 fully saturated rings. The van der Waals surface area contributed by atoms with E-state index in [4.69, 9.17) is 9.47 Å². The minimum atomic E-state index is -0.432. The molecule has 2 aromatic carbocycles. The fourth-order valence-electron chi connectivity index (χ4n) is 2.59. The zero-order valence-corrected chi connectivity index (χ0v) is 15.3. The molecule has 1 atom stereocenters. The number of amides is 2. The van der Waals surface area contributed by atoms with Gasteiger partial charge in [0.1, 0.15) is 5.75 Å². The van der Waals surface area contributed by atoms with Crippen LogP contribution in [0.3, 0.4) is 0 Å². The molecule has 2 aromatic rings. The Kier molecular flexibility index (Phi) is 7.26. The molecule has 0 radical (unpaired) electrons. The van der Waals surface area contributed by atoms with E-state index >= 15 is 0 Å². The third-order valence-corrected chi connectivity index (χ3v) is 3.80. The zero-order chi connectivity index (χ0) is 18.9. The second-order valence-corrected chi connectivity index (χ2v) is 5.98. The van der Waals surface area contributed by atoms with Gasteiger partial charge in [-0.3, -0.25) is 0 Å².